The molecule has 0 spiro atoms. The van der Waals surface area contributed by atoms with Gasteiger partial charge in [-0.2, -0.15) is 0 Å². The minimum absolute atomic E-state index is 0.0188. The molecule has 1 unspecified atom stereocenters. The second-order valence-electron chi connectivity index (χ2n) is 4.36. The Morgan fingerprint density at radius 1 is 1.41 bits per heavy atom. The molecule has 0 aromatic carbocycles. The first-order chi connectivity index (χ1) is 8.15. The Morgan fingerprint density at radius 2 is 2.18 bits per heavy atom. The fourth-order valence-electron chi connectivity index (χ4n) is 1.78. The minimum atomic E-state index is -0.0188. The van der Waals surface area contributed by atoms with Crippen LogP contribution in [0.15, 0.2) is 11.2 Å². The number of ether oxygens (including phenoxy) is 1. The molecule has 0 saturated carbocycles. The van der Waals surface area contributed by atoms with Crippen LogP contribution >= 0.6 is 11.8 Å². The van der Waals surface area contributed by atoms with Crippen LogP contribution < -0.4 is 10.6 Å². The summed E-state index contributed by atoms with van der Waals surface area (Å²) in [4.78, 5) is 8.79. The molecule has 0 bridgehead atoms. The summed E-state index contributed by atoms with van der Waals surface area (Å²) >= 11 is 1.54. The first-order valence-corrected chi connectivity index (χ1v) is 6.84. The van der Waals surface area contributed by atoms with Crippen molar-refractivity contribution < 1.29 is 4.74 Å². The Morgan fingerprint density at radius 3 is 2.76 bits per heavy atom. The number of nitrogens with zero attached hydrogens (tertiary/aromatic N) is 2. The van der Waals surface area contributed by atoms with E-state index < -0.39 is 0 Å². The van der Waals surface area contributed by atoms with Gasteiger partial charge in [-0.25, -0.2) is 9.97 Å². The van der Waals surface area contributed by atoms with Gasteiger partial charge in [0.25, 0.3) is 0 Å². The van der Waals surface area contributed by atoms with Crippen molar-refractivity contribution in [3.05, 3.63) is 6.07 Å². The van der Waals surface area contributed by atoms with Crippen molar-refractivity contribution in [3.63, 3.8) is 0 Å². The van der Waals surface area contributed by atoms with Crippen molar-refractivity contribution in [3.8, 4) is 0 Å². The summed E-state index contributed by atoms with van der Waals surface area (Å²) in [6, 6.07) is 1.92. The molecule has 1 saturated heterocycles. The molecule has 5 nitrogen and oxygen atoms in total. The Bertz CT molecular complexity index is 371. The Kier molecular flexibility index (Phi) is 3.73. The van der Waals surface area contributed by atoms with E-state index in [1.165, 1.54) is 11.8 Å². The van der Waals surface area contributed by atoms with Gasteiger partial charge in [0, 0.05) is 19.7 Å². The van der Waals surface area contributed by atoms with Crippen LogP contribution in [0, 0.1) is 0 Å². The molecule has 17 heavy (non-hydrogen) atoms. The number of rotatable bonds is 4. The van der Waals surface area contributed by atoms with Crippen LogP contribution in [0.2, 0.25) is 0 Å². The normalized spacial score (nSPS) is 23.7. The van der Waals surface area contributed by atoms with E-state index in [1.807, 2.05) is 19.4 Å². The number of hydrogen-bond donors (Lipinski definition) is 2. The molecule has 0 aliphatic carbocycles. The van der Waals surface area contributed by atoms with E-state index >= 15 is 0 Å². The second-order valence-corrected chi connectivity index (χ2v) is 5.14. The summed E-state index contributed by atoms with van der Waals surface area (Å²) in [5, 5.41) is 7.25. The van der Waals surface area contributed by atoms with Crippen LogP contribution in [0.5, 0.6) is 0 Å². The van der Waals surface area contributed by atoms with Crippen molar-refractivity contribution in [1.82, 2.24) is 9.97 Å². The maximum atomic E-state index is 5.42. The monoisotopic (exact) mass is 254 g/mol. The van der Waals surface area contributed by atoms with E-state index in [2.05, 4.69) is 27.5 Å². The van der Waals surface area contributed by atoms with E-state index in [1.54, 1.807) is 0 Å². The van der Waals surface area contributed by atoms with Gasteiger partial charge in [-0.15, -0.1) is 0 Å². The highest BCUT2D eigenvalue weighted by molar-refractivity contribution is 7.98. The van der Waals surface area contributed by atoms with Crippen LogP contribution in [-0.2, 0) is 4.74 Å². The van der Waals surface area contributed by atoms with Crippen molar-refractivity contribution >= 4 is 23.4 Å². The smallest absolute Gasteiger partial charge is 0.191 e. The molecular weight excluding hydrogens is 236 g/mol. The van der Waals surface area contributed by atoms with Crippen molar-refractivity contribution in [1.29, 1.82) is 0 Å². The zero-order valence-electron chi connectivity index (χ0n) is 10.4. The maximum absolute atomic E-state index is 5.42. The van der Waals surface area contributed by atoms with E-state index in [0.29, 0.717) is 0 Å². The zero-order chi connectivity index (χ0) is 12.3. The van der Waals surface area contributed by atoms with Gasteiger partial charge >= 0.3 is 0 Å². The highest BCUT2D eigenvalue weighted by Gasteiger charge is 2.29. The van der Waals surface area contributed by atoms with Crippen LogP contribution in [0.25, 0.3) is 0 Å². The summed E-state index contributed by atoms with van der Waals surface area (Å²) in [7, 11) is 1.86. The topological polar surface area (TPSA) is 59.1 Å². The van der Waals surface area contributed by atoms with Crippen molar-refractivity contribution in [2.24, 2.45) is 0 Å². The molecule has 0 radical (unpaired) electrons. The summed E-state index contributed by atoms with van der Waals surface area (Å²) in [5.41, 5.74) is -0.0188. The fraction of sp³-hybridized carbons (Fsp3) is 0.636. The minimum Gasteiger partial charge on any atom is -0.379 e. The molecule has 2 rings (SSSR count). The Balaban J connectivity index is 2.19. The van der Waals surface area contributed by atoms with E-state index in [-0.39, 0.29) is 5.54 Å². The number of hydrogen-bond acceptors (Lipinski definition) is 6. The quantitative estimate of drug-likeness (QED) is 0.631. The van der Waals surface area contributed by atoms with E-state index in [0.717, 1.165) is 36.4 Å². The number of anilines is 2. The lowest BCUT2D eigenvalue weighted by Crippen LogP contribution is -2.35. The van der Waals surface area contributed by atoms with Gasteiger partial charge in [-0.1, -0.05) is 11.8 Å². The summed E-state index contributed by atoms with van der Waals surface area (Å²) < 4.78 is 5.42. The Labute approximate surface area is 106 Å². The standard InChI is InChI=1S/C11H18N4OS/c1-11(4-5-16-7-11)15-9-6-8(12-2)13-10(14-9)17-3/h6H,4-5,7H2,1-3H3,(H2,12,13,14,15). The second kappa shape index (κ2) is 5.10. The van der Waals surface area contributed by atoms with Crippen LogP contribution in [0.3, 0.4) is 0 Å². The summed E-state index contributed by atoms with van der Waals surface area (Å²) in [6.45, 7) is 3.68. The lowest BCUT2D eigenvalue weighted by molar-refractivity contribution is 0.185. The highest BCUT2D eigenvalue weighted by atomic mass is 32.2. The van der Waals surface area contributed by atoms with Crippen LogP contribution in [0.1, 0.15) is 13.3 Å². The molecule has 94 valence electrons. The number of aromatic nitrogens is 2. The van der Waals surface area contributed by atoms with Gasteiger partial charge < -0.3 is 15.4 Å². The van der Waals surface area contributed by atoms with Gasteiger partial charge in [0.05, 0.1) is 12.1 Å². The molecule has 1 aliphatic rings. The lowest BCUT2D eigenvalue weighted by Gasteiger charge is -2.24. The third-order valence-corrected chi connectivity index (χ3v) is 3.34. The third-order valence-electron chi connectivity index (χ3n) is 2.79. The molecule has 1 atom stereocenters. The average Bonchev–Trinajstić information content (AvgIpc) is 2.75. The van der Waals surface area contributed by atoms with Gasteiger partial charge in [-0.3, -0.25) is 0 Å². The summed E-state index contributed by atoms with van der Waals surface area (Å²) in [6.07, 6.45) is 2.97. The third kappa shape index (κ3) is 3.01. The molecule has 6 heteroatoms. The van der Waals surface area contributed by atoms with Crippen LogP contribution in [-0.4, -0.2) is 42.0 Å². The molecular formula is C11H18N4OS. The molecule has 1 fully saturated rings. The SMILES string of the molecule is CNc1cc(NC2(C)CCOC2)nc(SC)n1. The largest absolute Gasteiger partial charge is 0.379 e. The maximum Gasteiger partial charge on any atom is 0.191 e. The molecule has 2 heterocycles. The van der Waals surface area contributed by atoms with Crippen molar-refractivity contribution in [2.75, 3.05) is 37.2 Å². The Hall–Kier alpha value is -1.01. The van der Waals surface area contributed by atoms with Gasteiger partial charge in [0.15, 0.2) is 5.16 Å². The van der Waals surface area contributed by atoms with Crippen LogP contribution in [0.4, 0.5) is 11.6 Å². The van der Waals surface area contributed by atoms with Crippen molar-refractivity contribution in [2.45, 2.75) is 24.0 Å². The molecule has 1 aliphatic heterocycles. The fourth-order valence-corrected chi connectivity index (χ4v) is 2.16. The molecule has 1 aromatic heterocycles. The van der Waals surface area contributed by atoms with E-state index in [4.69, 9.17) is 4.74 Å². The first-order valence-electron chi connectivity index (χ1n) is 5.62. The summed E-state index contributed by atoms with van der Waals surface area (Å²) in [5.74, 6) is 1.68. The average molecular weight is 254 g/mol. The first kappa shape index (κ1) is 12.4. The highest BCUT2D eigenvalue weighted by Crippen LogP contribution is 2.25. The predicted molar refractivity (Wildman–Crippen MR) is 70.8 cm³/mol. The van der Waals surface area contributed by atoms with Gasteiger partial charge in [-0.05, 0) is 19.6 Å². The predicted octanol–water partition coefficient (Wildman–Crippen LogP) is 1.83. The molecule has 0 amide bonds. The number of thioether (sulfide) groups is 1. The van der Waals surface area contributed by atoms with E-state index in [9.17, 15) is 0 Å². The van der Waals surface area contributed by atoms with Gasteiger partial charge in [0.2, 0.25) is 0 Å². The van der Waals surface area contributed by atoms with Gasteiger partial charge in [0.1, 0.15) is 11.6 Å². The molecule has 2 N–H and O–H groups in total. The number of nitrogens with one attached hydrogen (secondary N) is 2. The zero-order valence-corrected chi connectivity index (χ0v) is 11.2. The lowest BCUT2D eigenvalue weighted by atomic mass is 10.0. The molecule has 1 aromatic rings.